The standard InChI is InChI=1S/C25H31N7O2/c1-15(2)32-13-16(11-28-32)19-12-27-22(10-20(19)31-9-5-6-17(26)14-31)29-21-8-7-18-23(30-21)25(3,4)34-24(18)33/h7-8,10-13,15,17H,5-6,9,14,26H2,1-4H3,(H,27,29,30)/t17-/m1/s1. The summed E-state index contributed by atoms with van der Waals surface area (Å²) >= 11 is 0. The number of hydrogen-bond acceptors (Lipinski definition) is 8. The maximum absolute atomic E-state index is 12.1. The van der Waals surface area contributed by atoms with Gasteiger partial charge in [-0.1, -0.05) is 0 Å². The van der Waals surface area contributed by atoms with Crippen molar-refractivity contribution in [2.45, 2.75) is 58.2 Å². The highest BCUT2D eigenvalue weighted by Crippen LogP contribution is 2.37. The Balaban J connectivity index is 1.50. The number of nitrogens with two attached hydrogens (primary N) is 1. The number of carbonyl (C=O) groups is 1. The number of fused-ring (bicyclic) bond motifs is 1. The van der Waals surface area contributed by atoms with Gasteiger partial charge in [-0.05, 0) is 52.7 Å². The predicted octanol–water partition coefficient (Wildman–Crippen LogP) is 4.00. The second-order valence-corrected chi connectivity index (χ2v) is 9.86. The molecule has 178 valence electrons. The summed E-state index contributed by atoms with van der Waals surface area (Å²) in [6.45, 7) is 9.63. The topological polar surface area (TPSA) is 111 Å². The third-order valence-electron chi connectivity index (χ3n) is 6.41. The lowest BCUT2D eigenvalue weighted by Crippen LogP contribution is -2.43. The Kier molecular flexibility index (Phi) is 5.51. The molecule has 0 saturated carbocycles. The summed E-state index contributed by atoms with van der Waals surface area (Å²) in [6.07, 6.45) is 7.90. The largest absolute Gasteiger partial charge is 0.449 e. The summed E-state index contributed by atoms with van der Waals surface area (Å²) in [5, 5.41) is 7.83. The molecule has 0 amide bonds. The highest BCUT2D eigenvalue weighted by atomic mass is 16.6. The smallest absolute Gasteiger partial charge is 0.341 e. The van der Waals surface area contributed by atoms with Crippen LogP contribution in [0, 0.1) is 0 Å². The Bertz CT molecular complexity index is 1230. The van der Waals surface area contributed by atoms with Crippen LogP contribution < -0.4 is 16.0 Å². The number of aromatic nitrogens is 4. The molecule has 1 fully saturated rings. The molecule has 1 saturated heterocycles. The number of carbonyl (C=O) groups excluding carboxylic acids is 1. The molecule has 34 heavy (non-hydrogen) atoms. The minimum absolute atomic E-state index is 0.141. The molecule has 9 heteroatoms. The summed E-state index contributed by atoms with van der Waals surface area (Å²) in [5.74, 6) is 0.941. The number of hydrogen-bond donors (Lipinski definition) is 2. The normalized spacial score (nSPS) is 19.3. The van der Waals surface area contributed by atoms with Crippen molar-refractivity contribution in [2.24, 2.45) is 5.73 Å². The van der Waals surface area contributed by atoms with Crippen LogP contribution in [-0.2, 0) is 10.3 Å². The van der Waals surface area contributed by atoms with E-state index in [0.29, 0.717) is 22.9 Å². The average Bonchev–Trinajstić information content (AvgIpc) is 3.37. The van der Waals surface area contributed by atoms with Gasteiger partial charge in [-0.15, -0.1) is 0 Å². The third kappa shape index (κ3) is 4.11. The van der Waals surface area contributed by atoms with Crippen LogP contribution in [0.25, 0.3) is 11.1 Å². The predicted molar refractivity (Wildman–Crippen MR) is 131 cm³/mol. The van der Waals surface area contributed by atoms with E-state index in [-0.39, 0.29) is 18.1 Å². The number of piperidine rings is 1. The summed E-state index contributed by atoms with van der Waals surface area (Å²) in [7, 11) is 0. The van der Waals surface area contributed by atoms with Crippen molar-refractivity contribution in [1.82, 2.24) is 19.7 Å². The number of nitrogens with one attached hydrogen (secondary N) is 1. The van der Waals surface area contributed by atoms with Crippen LogP contribution in [0.15, 0.2) is 36.8 Å². The Morgan fingerprint density at radius 2 is 2.03 bits per heavy atom. The van der Waals surface area contributed by atoms with E-state index in [2.05, 4.69) is 45.3 Å². The van der Waals surface area contributed by atoms with E-state index in [1.165, 1.54) is 0 Å². The maximum Gasteiger partial charge on any atom is 0.341 e. The molecular weight excluding hydrogens is 430 g/mol. The van der Waals surface area contributed by atoms with Crippen LogP contribution in [0.3, 0.4) is 0 Å². The van der Waals surface area contributed by atoms with Crippen molar-refractivity contribution < 1.29 is 9.53 Å². The van der Waals surface area contributed by atoms with Crippen LogP contribution in [0.5, 0.6) is 0 Å². The molecule has 0 radical (unpaired) electrons. The van der Waals surface area contributed by atoms with Crippen LogP contribution >= 0.6 is 0 Å². The van der Waals surface area contributed by atoms with Crippen LogP contribution in [0.2, 0.25) is 0 Å². The molecule has 0 bridgehead atoms. The number of anilines is 3. The first kappa shape index (κ1) is 22.3. The number of rotatable bonds is 5. The Morgan fingerprint density at radius 3 is 2.76 bits per heavy atom. The lowest BCUT2D eigenvalue weighted by Gasteiger charge is -2.34. The van der Waals surface area contributed by atoms with Crippen LogP contribution in [-0.4, -0.2) is 44.8 Å². The summed E-state index contributed by atoms with van der Waals surface area (Å²) in [4.78, 5) is 23.8. The highest BCUT2D eigenvalue weighted by molar-refractivity contribution is 5.94. The SMILES string of the molecule is CC(C)n1cc(-c2cnc(Nc3ccc4c(n3)C(C)(C)OC4=O)cc2N2CCC[C@@H](N)C2)cn1. The molecule has 9 nitrogen and oxygen atoms in total. The minimum atomic E-state index is -0.757. The van der Waals surface area contributed by atoms with Crippen LogP contribution in [0.1, 0.15) is 62.6 Å². The van der Waals surface area contributed by atoms with Crippen LogP contribution in [0.4, 0.5) is 17.3 Å². The van der Waals surface area contributed by atoms with E-state index >= 15 is 0 Å². The number of esters is 1. The Hall–Kier alpha value is -3.46. The third-order valence-corrected chi connectivity index (χ3v) is 6.41. The van der Waals surface area contributed by atoms with Gasteiger partial charge in [-0.3, -0.25) is 4.68 Å². The zero-order valence-electron chi connectivity index (χ0n) is 20.1. The van der Waals surface area contributed by atoms with Gasteiger partial charge >= 0.3 is 5.97 Å². The van der Waals surface area contributed by atoms with Crippen molar-refractivity contribution in [2.75, 3.05) is 23.3 Å². The fourth-order valence-corrected chi connectivity index (χ4v) is 4.60. The molecule has 3 aromatic rings. The second kappa shape index (κ2) is 8.39. The molecule has 0 spiro atoms. The molecular formula is C25H31N7O2. The van der Waals surface area contributed by atoms with Gasteiger partial charge in [0, 0.05) is 60.4 Å². The molecule has 5 heterocycles. The average molecular weight is 462 g/mol. The van der Waals surface area contributed by atoms with E-state index in [9.17, 15) is 4.79 Å². The van der Waals surface area contributed by atoms with Crippen molar-refractivity contribution in [3.63, 3.8) is 0 Å². The number of pyridine rings is 2. The van der Waals surface area contributed by atoms with E-state index in [1.54, 1.807) is 12.1 Å². The molecule has 0 aromatic carbocycles. The van der Waals surface area contributed by atoms with Gasteiger partial charge in [0.2, 0.25) is 0 Å². The van der Waals surface area contributed by atoms with Crippen molar-refractivity contribution in [3.05, 3.63) is 48.0 Å². The lowest BCUT2D eigenvalue weighted by molar-refractivity contribution is 0.00834. The number of nitrogens with zero attached hydrogens (tertiary/aromatic N) is 5. The Labute approximate surface area is 199 Å². The molecule has 0 aliphatic carbocycles. The summed E-state index contributed by atoms with van der Waals surface area (Å²) < 4.78 is 7.40. The van der Waals surface area contributed by atoms with E-state index in [1.807, 2.05) is 37.0 Å². The maximum atomic E-state index is 12.1. The van der Waals surface area contributed by atoms with Gasteiger partial charge in [0.15, 0.2) is 0 Å². The van der Waals surface area contributed by atoms with E-state index < -0.39 is 5.60 Å². The first-order chi connectivity index (χ1) is 16.2. The van der Waals surface area contributed by atoms with Gasteiger partial charge in [-0.2, -0.15) is 5.10 Å². The van der Waals surface area contributed by atoms with Gasteiger partial charge < -0.3 is 20.7 Å². The molecule has 3 N–H and O–H groups in total. The van der Waals surface area contributed by atoms with Crippen molar-refractivity contribution >= 4 is 23.3 Å². The first-order valence-electron chi connectivity index (χ1n) is 11.8. The first-order valence-corrected chi connectivity index (χ1v) is 11.8. The summed E-state index contributed by atoms with van der Waals surface area (Å²) in [5.41, 5.74) is 9.79. The zero-order chi connectivity index (χ0) is 24.0. The molecule has 0 unspecified atom stereocenters. The second-order valence-electron chi connectivity index (χ2n) is 9.86. The monoisotopic (exact) mass is 461 g/mol. The lowest BCUT2D eigenvalue weighted by atomic mass is 10.0. The molecule has 1 atom stereocenters. The van der Waals surface area contributed by atoms with Crippen molar-refractivity contribution in [1.29, 1.82) is 0 Å². The van der Waals surface area contributed by atoms with Gasteiger partial charge in [-0.25, -0.2) is 14.8 Å². The van der Waals surface area contributed by atoms with Gasteiger partial charge in [0.05, 0.1) is 11.8 Å². The highest BCUT2D eigenvalue weighted by Gasteiger charge is 2.39. The molecule has 2 aliphatic heterocycles. The fraction of sp³-hybridized carbons (Fsp3) is 0.440. The Morgan fingerprint density at radius 1 is 1.21 bits per heavy atom. The molecule has 3 aromatic heterocycles. The van der Waals surface area contributed by atoms with Gasteiger partial charge in [0.25, 0.3) is 0 Å². The van der Waals surface area contributed by atoms with E-state index in [0.717, 1.165) is 42.7 Å². The number of cyclic esters (lactones) is 1. The fourth-order valence-electron chi connectivity index (χ4n) is 4.60. The summed E-state index contributed by atoms with van der Waals surface area (Å²) in [6, 6.07) is 5.99. The quantitative estimate of drug-likeness (QED) is 0.549. The molecule has 5 rings (SSSR count). The minimum Gasteiger partial charge on any atom is -0.449 e. The zero-order valence-corrected chi connectivity index (χ0v) is 20.1. The molecule has 2 aliphatic rings. The number of ether oxygens (including phenoxy) is 1. The van der Waals surface area contributed by atoms with E-state index in [4.69, 9.17) is 10.5 Å². The van der Waals surface area contributed by atoms with Crippen molar-refractivity contribution in [3.8, 4) is 11.1 Å². The van der Waals surface area contributed by atoms with Gasteiger partial charge in [0.1, 0.15) is 22.9 Å².